The summed E-state index contributed by atoms with van der Waals surface area (Å²) < 4.78 is 0. The third kappa shape index (κ3) is 2.96. The van der Waals surface area contributed by atoms with E-state index >= 15 is 0 Å². The second-order valence-corrected chi connectivity index (χ2v) is 5.37. The van der Waals surface area contributed by atoms with Gasteiger partial charge < -0.3 is 0 Å². The molecule has 0 aliphatic heterocycles. The van der Waals surface area contributed by atoms with Crippen LogP contribution < -0.4 is 0 Å². The van der Waals surface area contributed by atoms with Crippen LogP contribution in [-0.2, 0) is 12.8 Å². The monoisotopic (exact) mass is 230 g/mol. The summed E-state index contributed by atoms with van der Waals surface area (Å²) in [5.41, 5.74) is 3.59. The molecule has 1 heteroatoms. The minimum Gasteiger partial charge on any atom is -0.294 e. The quantitative estimate of drug-likeness (QED) is 0.712. The van der Waals surface area contributed by atoms with Gasteiger partial charge in [-0.2, -0.15) is 0 Å². The Balaban J connectivity index is 2.24. The predicted octanol–water partition coefficient (Wildman–Crippen LogP) is 4.18. The van der Waals surface area contributed by atoms with Crippen LogP contribution in [0, 0.1) is 5.92 Å². The van der Waals surface area contributed by atoms with Crippen LogP contribution in [0.2, 0.25) is 0 Å². The van der Waals surface area contributed by atoms with Gasteiger partial charge in [0.05, 0.1) is 0 Å². The first-order valence-electron chi connectivity index (χ1n) is 6.85. The molecule has 92 valence electrons. The molecule has 1 atom stereocenters. The summed E-state index contributed by atoms with van der Waals surface area (Å²) in [4.78, 5) is 12.1. The minimum absolute atomic E-state index is 0.350. The molecular formula is C16H22O. The molecule has 0 spiro atoms. The molecule has 1 aromatic rings. The second kappa shape index (κ2) is 5.48. The second-order valence-electron chi connectivity index (χ2n) is 5.37. The largest absolute Gasteiger partial charge is 0.294 e. The fourth-order valence-electron chi connectivity index (χ4n) is 2.57. The Morgan fingerprint density at radius 1 is 1.35 bits per heavy atom. The smallest absolute Gasteiger partial charge is 0.163 e. The van der Waals surface area contributed by atoms with E-state index in [1.807, 2.05) is 0 Å². The van der Waals surface area contributed by atoms with Gasteiger partial charge in [0.1, 0.15) is 0 Å². The van der Waals surface area contributed by atoms with Gasteiger partial charge in [-0.3, -0.25) is 4.79 Å². The van der Waals surface area contributed by atoms with Crippen LogP contribution >= 0.6 is 0 Å². The van der Waals surface area contributed by atoms with E-state index in [1.165, 1.54) is 24.0 Å². The van der Waals surface area contributed by atoms with Crippen LogP contribution in [-0.4, -0.2) is 5.78 Å². The molecule has 1 unspecified atom stereocenters. The molecule has 1 nitrogen and oxygen atoms in total. The normalized spacial score (nSPS) is 19.9. The Hall–Kier alpha value is -1.11. The first-order chi connectivity index (χ1) is 8.20. The van der Waals surface area contributed by atoms with Gasteiger partial charge in [0, 0.05) is 12.0 Å². The lowest BCUT2D eigenvalue weighted by Gasteiger charge is -2.07. The summed E-state index contributed by atoms with van der Waals surface area (Å²) in [6.07, 6.45) is 6.46. The topological polar surface area (TPSA) is 17.1 Å². The fourth-order valence-corrected chi connectivity index (χ4v) is 2.57. The molecule has 0 fully saturated rings. The highest BCUT2D eigenvalue weighted by molar-refractivity contribution is 5.98. The van der Waals surface area contributed by atoms with Crippen molar-refractivity contribution in [3.63, 3.8) is 0 Å². The highest BCUT2D eigenvalue weighted by atomic mass is 16.1. The number of benzene rings is 1. The first-order valence-corrected chi connectivity index (χ1v) is 6.85. The summed E-state index contributed by atoms with van der Waals surface area (Å²) in [5, 5.41) is 0. The molecule has 0 aromatic heterocycles. The van der Waals surface area contributed by atoms with Crippen molar-refractivity contribution >= 4 is 5.78 Å². The summed E-state index contributed by atoms with van der Waals surface area (Å²) in [5.74, 6) is 0.886. The number of rotatable bonds is 3. The molecule has 0 amide bonds. The highest BCUT2D eigenvalue weighted by Gasteiger charge is 2.19. The van der Waals surface area contributed by atoms with Crippen LogP contribution in [0.1, 0.15) is 61.0 Å². The fraction of sp³-hybridized carbons (Fsp3) is 0.562. The van der Waals surface area contributed by atoms with Gasteiger partial charge in [0.2, 0.25) is 0 Å². The maximum absolute atomic E-state index is 12.1. The van der Waals surface area contributed by atoms with Gasteiger partial charge in [0.25, 0.3) is 0 Å². The van der Waals surface area contributed by atoms with Crippen molar-refractivity contribution in [3.05, 3.63) is 34.9 Å². The summed E-state index contributed by atoms with van der Waals surface area (Å²) in [7, 11) is 0. The van der Waals surface area contributed by atoms with Gasteiger partial charge in [-0.25, -0.2) is 0 Å². The average Bonchev–Trinajstić information content (AvgIpc) is 2.46. The number of unbranched alkanes of at least 4 members (excludes halogenated alkanes) is 1. The van der Waals surface area contributed by atoms with Crippen LogP contribution in [0.5, 0.6) is 0 Å². The van der Waals surface area contributed by atoms with Crippen molar-refractivity contribution < 1.29 is 4.79 Å². The third-order valence-corrected chi connectivity index (χ3v) is 3.73. The van der Waals surface area contributed by atoms with E-state index in [-0.39, 0.29) is 0 Å². The lowest BCUT2D eigenvalue weighted by molar-refractivity contribution is 0.0967. The molecule has 0 bridgehead atoms. The molecule has 1 aliphatic carbocycles. The molecule has 0 saturated heterocycles. The van der Waals surface area contributed by atoms with E-state index in [0.29, 0.717) is 11.7 Å². The number of hydrogen-bond donors (Lipinski definition) is 0. The number of ketones is 1. The molecule has 0 saturated carbocycles. The summed E-state index contributed by atoms with van der Waals surface area (Å²) >= 11 is 0. The molecule has 1 aliphatic rings. The Morgan fingerprint density at radius 3 is 2.94 bits per heavy atom. The van der Waals surface area contributed by atoms with Crippen molar-refractivity contribution in [1.29, 1.82) is 0 Å². The van der Waals surface area contributed by atoms with E-state index in [4.69, 9.17) is 0 Å². The molecule has 17 heavy (non-hydrogen) atoms. The number of fused-ring (bicyclic) bond motifs is 1. The molecule has 0 N–H and O–H groups in total. The molecular weight excluding hydrogens is 208 g/mol. The maximum Gasteiger partial charge on any atom is 0.163 e. The van der Waals surface area contributed by atoms with Crippen LogP contribution in [0.4, 0.5) is 0 Å². The van der Waals surface area contributed by atoms with Crippen molar-refractivity contribution in [1.82, 2.24) is 0 Å². The van der Waals surface area contributed by atoms with Gasteiger partial charge >= 0.3 is 0 Å². The summed E-state index contributed by atoms with van der Waals surface area (Å²) in [6, 6.07) is 6.53. The van der Waals surface area contributed by atoms with E-state index in [9.17, 15) is 4.79 Å². The van der Waals surface area contributed by atoms with Crippen molar-refractivity contribution in [3.8, 4) is 0 Å². The van der Waals surface area contributed by atoms with Crippen LogP contribution in [0.15, 0.2) is 18.2 Å². The summed E-state index contributed by atoms with van der Waals surface area (Å²) in [6.45, 7) is 4.39. The van der Waals surface area contributed by atoms with Crippen LogP contribution in [0.3, 0.4) is 0 Å². The Kier molecular flexibility index (Phi) is 3.98. The predicted molar refractivity (Wildman–Crippen MR) is 71.5 cm³/mol. The minimum atomic E-state index is 0.350. The zero-order chi connectivity index (χ0) is 12.3. The lowest BCUT2D eigenvalue weighted by atomic mass is 9.97. The zero-order valence-electron chi connectivity index (χ0n) is 11.0. The Morgan fingerprint density at radius 2 is 2.18 bits per heavy atom. The van der Waals surface area contributed by atoms with E-state index < -0.39 is 0 Å². The van der Waals surface area contributed by atoms with E-state index in [2.05, 4.69) is 32.0 Å². The zero-order valence-corrected chi connectivity index (χ0v) is 11.0. The SMILES string of the molecule is CCCCc1ccc2c(c1)C(=O)CC(C)CC2. The van der Waals surface area contributed by atoms with Crippen LogP contribution in [0.25, 0.3) is 0 Å². The maximum atomic E-state index is 12.1. The van der Waals surface area contributed by atoms with Gasteiger partial charge in [-0.15, -0.1) is 0 Å². The number of carbonyl (C=O) groups is 1. The highest BCUT2D eigenvalue weighted by Crippen LogP contribution is 2.25. The van der Waals surface area contributed by atoms with Gasteiger partial charge in [-0.1, -0.05) is 32.4 Å². The number of carbonyl (C=O) groups excluding carboxylic acids is 1. The standard InChI is InChI=1S/C16H22O/c1-3-4-5-13-7-9-14-8-6-12(2)10-16(17)15(14)11-13/h7,9,11-12H,3-6,8,10H2,1-2H3. The van der Waals surface area contributed by atoms with Gasteiger partial charge in [-0.05, 0) is 48.8 Å². The van der Waals surface area contributed by atoms with Gasteiger partial charge in [0.15, 0.2) is 5.78 Å². The van der Waals surface area contributed by atoms with E-state index in [0.717, 1.165) is 31.2 Å². The number of Topliss-reactive ketones (excluding diaryl/α,β-unsaturated/α-hetero) is 1. The molecule has 1 aromatic carbocycles. The molecule has 0 radical (unpaired) electrons. The Bertz CT molecular complexity index is 406. The van der Waals surface area contributed by atoms with Crippen molar-refractivity contribution in [2.75, 3.05) is 0 Å². The van der Waals surface area contributed by atoms with Crippen molar-refractivity contribution in [2.45, 2.75) is 52.4 Å². The number of aryl methyl sites for hydroxylation is 2. The average molecular weight is 230 g/mol. The molecule has 2 rings (SSSR count). The lowest BCUT2D eigenvalue weighted by Crippen LogP contribution is -2.04. The molecule has 0 heterocycles. The van der Waals surface area contributed by atoms with Crippen molar-refractivity contribution in [2.24, 2.45) is 5.92 Å². The number of hydrogen-bond acceptors (Lipinski definition) is 1. The Labute approximate surface area is 104 Å². The van der Waals surface area contributed by atoms with E-state index in [1.54, 1.807) is 0 Å². The first kappa shape index (κ1) is 12.3. The third-order valence-electron chi connectivity index (χ3n) is 3.73.